The lowest BCUT2D eigenvalue weighted by Gasteiger charge is -2.29. The predicted molar refractivity (Wildman–Crippen MR) is 72.3 cm³/mol. The zero-order valence-corrected chi connectivity index (χ0v) is 11.8. The lowest BCUT2D eigenvalue weighted by Crippen LogP contribution is -2.48. The number of nitrogens with two attached hydrogens (primary N) is 1. The van der Waals surface area contributed by atoms with Gasteiger partial charge >= 0.3 is 0 Å². The SMILES string of the molecule is CCC(C)(C)CNC(=O)C(C)(CC)C(N)=S. The van der Waals surface area contributed by atoms with E-state index >= 15 is 0 Å². The quantitative estimate of drug-likeness (QED) is 0.705. The van der Waals surface area contributed by atoms with Crippen LogP contribution in [0.15, 0.2) is 0 Å². The fraction of sp³-hybridized carbons (Fsp3) is 0.833. The molecule has 0 aliphatic heterocycles. The van der Waals surface area contributed by atoms with E-state index in [1.807, 2.05) is 6.92 Å². The molecule has 0 rings (SSSR count). The molecule has 0 bridgehead atoms. The molecule has 3 nitrogen and oxygen atoms in total. The van der Waals surface area contributed by atoms with Gasteiger partial charge in [-0.3, -0.25) is 4.79 Å². The summed E-state index contributed by atoms with van der Waals surface area (Å²) in [6, 6.07) is 0. The van der Waals surface area contributed by atoms with Gasteiger partial charge in [-0.2, -0.15) is 0 Å². The van der Waals surface area contributed by atoms with Crippen LogP contribution in [0.5, 0.6) is 0 Å². The zero-order valence-electron chi connectivity index (χ0n) is 11.0. The van der Waals surface area contributed by atoms with Gasteiger partial charge in [-0.05, 0) is 25.2 Å². The molecule has 0 aromatic carbocycles. The number of thiocarbonyl (C=S) groups is 1. The number of amides is 1. The third-order valence-corrected chi connectivity index (χ3v) is 3.89. The highest BCUT2D eigenvalue weighted by Gasteiger charge is 2.35. The minimum absolute atomic E-state index is 0.0657. The number of nitrogens with one attached hydrogen (secondary N) is 1. The Morgan fingerprint density at radius 2 is 1.75 bits per heavy atom. The third kappa shape index (κ3) is 3.74. The summed E-state index contributed by atoms with van der Waals surface area (Å²) in [5.74, 6) is -0.0657. The molecule has 1 amide bonds. The smallest absolute Gasteiger partial charge is 0.232 e. The van der Waals surface area contributed by atoms with E-state index < -0.39 is 5.41 Å². The van der Waals surface area contributed by atoms with Crippen molar-refractivity contribution >= 4 is 23.1 Å². The van der Waals surface area contributed by atoms with Crippen LogP contribution in [-0.4, -0.2) is 17.4 Å². The van der Waals surface area contributed by atoms with Crippen molar-refractivity contribution < 1.29 is 4.79 Å². The predicted octanol–water partition coefficient (Wildman–Crippen LogP) is 2.24. The molecule has 0 saturated heterocycles. The van der Waals surface area contributed by atoms with Gasteiger partial charge in [0.05, 0.1) is 10.4 Å². The van der Waals surface area contributed by atoms with Crippen molar-refractivity contribution in [2.75, 3.05) is 6.54 Å². The molecule has 94 valence electrons. The highest BCUT2D eigenvalue weighted by Crippen LogP contribution is 2.23. The summed E-state index contributed by atoms with van der Waals surface area (Å²) >= 11 is 4.96. The summed E-state index contributed by atoms with van der Waals surface area (Å²) in [5, 5.41) is 2.94. The standard InChI is InChI=1S/C12H24N2OS/c1-6-11(3,4)8-14-10(15)12(5,7-2)9(13)16/h6-8H2,1-5H3,(H2,13,16)(H,14,15). The van der Waals surface area contributed by atoms with Crippen molar-refractivity contribution in [1.29, 1.82) is 0 Å². The van der Waals surface area contributed by atoms with Crippen LogP contribution >= 0.6 is 12.2 Å². The molecule has 1 atom stereocenters. The topological polar surface area (TPSA) is 55.1 Å². The van der Waals surface area contributed by atoms with Crippen LogP contribution in [0.1, 0.15) is 47.5 Å². The lowest BCUT2D eigenvalue weighted by atomic mass is 9.85. The summed E-state index contributed by atoms with van der Waals surface area (Å²) in [6.07, 6.45) is 1.64. The minimum atomic E-state index is -0.723. The normalized spacial score (nSPS) is 15.3. The average Bonchev–Trinajstić information content (AvgIpc) is 2.24. The fourth-order valence-corrected chi connectivity index (χ4v) is 1.32. The van der Waals surface area contributed by atoms with Crippen molar-refractivity contribution in [3.8, 4) is 0 Å². The van der Waals surface area contributed by atoms with Crippen LogP contribution in [0.2, 0.25) is 0 Å². The van der Waals surface area contributed by atoms with Crippen molar-refractivity contribution in [3.63, 3.8) is 0 Å². The molecule has 4 heteroatoms. The molecule has 0 aliphatic rings. The molecule has 0 fully saturated rings. The summed E-state index contributed by atoms with van der Waals surface area (Å²) in [6.45, 7) is 10.7. The third-order valence-electron chi connectivity index (χ3n) is 3.44. The fourth-order valence-electron chi connectivity index (χ4n) is 1.09. The van der Waals surface area contributed by atoms with E-state index in [1.165, 1.54) is 0 Å². The lowest BCUT2D eigenvalue weighted by molar-refractivity contribution is -0.127. The van der Waals surface area contributed by atoms with Crippen molar-refractivity contribution in [2.24, 2.45) is 16.6 Å². The summed E-state index contributed by atoms with van der Waals surface area (Å²) in [4.78, 5) is 12.3. The molecule has 1 unspecified atom stereocenters. The van der Waals surface area contributed by atoms with E-state index in [0.29, 0.717) is 13.0 Å². The molecule has 0 aromatic rings. The van der Waals surface area contributed by atoms with E-state index in [0.717, 1.165) is 6.42 Å². The van der Waals surface area contributed by atoms with Gasteiger partial charge in [0.1, 0.15) is 0 Å². The Hall–Kier alpha value is -0.640. The van der Waals surface area contributed by atoms with Gasteiger partial charge in [0.25, 0.3) is 0 Å². The summed E-state index contributed by atoms with van der Waals surface area (Å²) in [5.41, 5.74) is 5.01. The first-order valence-electron chi connectivity index (χ1n) is 5.78. The zero-order chi connectivity index (χ0) is 13.0. The van der Waals surface area contributed by atoms with Crippen LogP contribution in [-0.2, 0) is 4.79 Å². The largest absolute Gasteiger partial charge is 0.392 e. The molecular weight excluding hydrogens is 220 g/mol. The van der Waals surface area contributed by atoms with Gasteiger partial charge in [0.2, 0.25) is 5.91 Å². The van der Waals surface area contributed by atoms with Crippen LogP contribution in [0.4, 0.5) is 0 Å². The Kier molecular flexibility index (Phi) is 5.39. The van der Waals surface area contributed by atoms with Gasteiger partial charge in [-0.25, -0.2) is 0 Å². The van der Waals surface area contributed by atoms with Gasteiger partial charge in [-0.15, -0.1) is 0 Å². The first-order valence-corrected chi connectivity index (χ1v) is 6.18. The summed E-state index contributed by atoms with van der Waals surface area (Å²) < 4.78 is 0. The van der Waals surface area contributed by atoms with Crippen LogP contribution in [0.3, 0.4) is 0 Å². The van der Waals surface area contributed by atoms with Gasteiger partial charge in [0, 0.05) is 6.54 Å². The Morgan fingerprint density at radius 1 is 1.25 bits per heavy atom. The van der Waals surface area contributed by atoms with E-state index in [2.05, 4.69) is 26.1 Å². The molecule has 0 heterocycles. The van der Waals surface area contributed by atoms with E-state index in [4.69, 9.17) is 18.0 Å². The number of carbonyl (C=O) groups excluding carboxylic acids is 1. The minimum Gasteiger partial charge on any atom is -0.392 e. The van der Waals surface area contributed by atoms with Crippen molar-refractivity contribution in [3.05, 3.63) is 0 Å². The van der Waals surface area contributed by atoms with Crippen molar-refractivity contribution in [2.45, 2.75) is 47.5 Å². The Bertz CT molecular complexity index is 276. The Morgan fingerprint density at radius 3 is 2.06 bits per heavy atom. The van der Waals surface area contributed by atoms with Gasteiger partial charge < -0.3 is 11.1 Å². The molecule has 0 radical (unpaired) electrons. The Labute approximate surface area is 104 Å². The molecule has 0 spiro atoms. The maximum atomic E-state index is 12.0. The highest BCUT2D eigenvalue weighted by molar-refractivity contribution is 7.80. The molecule has 0 saturated carbocycles. The number of carbonyl (C=O) groups is 1. The van der Waals surface area contributed by atoms with E-state index in [9.17, 15) is 4.79 Å². The number of hydrogen-bond donors (Lipinski definition) is 2. The second kappa shape index (κ2) is 5.62. The summed E-state index contributed by atoms with van der Waals surface area (Å²) in [7, 11) is 0. The molecule has 0 aliphatic carbocycles. The highest BCUT2D eigenvalue weighted by atomic mass is 32.1. The first-order chi connectivity index (χ1) is 7.19. The molecule has 16 heavy (non-hydrogen) atoms. The maximum Gasteiger partial charge on any atom is 0.232 e. The molecular formula is C12H24N2OS. The first kappa shape index (κ1) is 15.4. The second-order valence-electron chi connectivity index (χ2n) is 5.25. The van der Waals surface area contributed by atoms with Crippen LogP contribution in [0.25, 0.3) is 0 Å². The van der Waals surface area contributed by atoms with E-state index in [1.54, 1.807) is 6.92 Å². The molecule has 3 N–H and O–H groups in total. The Balaban J connectivity index is 4.52. The number of rotatable bonds is 6. The van der Waals surface area contributed by atoms with Gasteiger partial charge in [0.15, 0.2) is 0 Å². The van der Waals surface area contributed by atoms with Crippen LogP contribution < -0.4 is 11.1 Å². The maximum absolute atomic E-state index is 12.0. The monoisotopic (exact) mass is 244 g/mol. The number of hydrogen-bond acceptors (Lipinski definition) is 2. The van der Waals surface area contributed by atoms with Gasteiger partial charge in [-0.1, -0.05) is 39.9 Å². The average molecular weight is 244 g/mol. The second-order valence-corrected chi connectivity index (χ2v) is 5.69. The van der Waals surface area contributed by atoms with E-state index in [-0.39, 0.29) is 16.3 Å². The molecule has 0 aromatic heterocycles. The van der Waals surface area contributed by atoms with Crippen LogP contribution in [0, 0.1) is 10.8 Å². The van der Waals surface area contributed by atoms with Crippen molar-refractivity contribution in [1.82, 2.24) is 5.32 Å².